The number of carbonyl (C=O) groups is 1. The van der Waals surface area contributed by atoms with E-state index in [1.165, 1.54) is 24.3 Å². The summed E-state index contributed by atoms with van der Waals surface area (Å²) in [6, 6.07) is 19.1. The van der Waals surface area contributed by atoms with E-state index < -0.39 is 16.1 Å². The molecule has 0 saturated carbocycles. The molecule has 2 N–H and O–H groups in total. The molecule has 162 valence electrons. The molecule has 0 spiro atoms. The lowest BCUT2D eigenvalue weighted by Crippen LogP contribution is -2.30. The number of benzene rings is 3. The van der Waals surface area contributed by atoms with E-state index in [0.29, 0.717) is 27.9 Å². The first-order chi connectivity index (χ1) is 14.8. The third kappa shape index (κ3) is 6.13. The van der Waals surface area contributed by atoms with E-state index in [-0.39, 0.29) is 10.8 Å². The van der Waals surface area contributed by atoms with Gasteiger partial charge in [0, 0.05) is 22.5 Å². The van der Waals surface area contributed by atoms with Crippen LogP contribution in [0, 0.1) is 0 Å². The molecule has 1 unspecified atom stereocenters. The molecule has 0 aliphatic rings. The fraction of sp³-hybridized carbons (Fsp3) is 0.136. The van der Waals surface area contributed by atoms with Crippen LogP contribution in [0.3, 0.4) is 0 Å². The maximum absolute atomic E-state index is 12.5. The molecule has 0 saturated heterocycles. The lowest BCUT2D eigenvalue weighted by molar-refractivity contribution is -0.122. The van der Waals surface area contributed by atoms with Crippen LogP contribution < -0.4 is 19.5 Å². The third-order valence-electron chi connectivity index (χ3n) is 4.25. The van der Waals surface area contributed by atoms with Crippen molar-refractivity contribution >= 4 is 38.9 Å². The summed E-state index contributed by atoms with van der Waals surface area (Å²) in [6.45, 7) is 1.61. The van der Waals surface area contributed by atoms with E-state index in [1.807, 2.05) is 0 Å². The van der Waals surface area contributed by atoms with Gasteiger partial charge in [-0.3, -0.25) is 9.52 Å². The lowest BCUT2D eigenvalue weighted by Gasteiger charge is -2.15. The normalized spacial score (nSPS) is 12.0. The molecule has 0 aliphatic heterocycles. The predicted octanol–water partition coefficient (Wildman–Crippen LogP) is 4.56. The Bertz CT molecular complexity index is 1150. The fourth-order valence-corrected chi connectivity index (χ4v) is 3.81. The van der Waals surface area contributed by atoms with Gasteiger partial charge in [0.2, 0.25) is 0 Å². The maximum atomic E-state index is 12.5. The highest BCUT2D eigenvalue weighted by molar-refractivity contribution is 7.92. The van der Waals surface area contributed by atoms with Crippen molar-refractivity contribution in [3.63, 3.8) is 0 Å². The van der Waals surface area contributed by atoms with Gasteiger partial charge in [-0.25, -0.2) is 8.42 Å². The Labute approximate surface area is 186 Å². The largest absolute Gasteiger partial charge is 0.497 e. The van der Waals surface area contributed by atoms with Gasteiger partial charge in [0.25, 0.3) is 15.9 Å². The van der Waals surface area contributed by atoms with Gasteiger partial charge in [-0.05, 0) is 67.6 Å². The number of rotatable bonds is 8. The van der Waals surface area contributed by atoms with Gasteiger partial charge in [-0.15, -0.1) is 0 Å². The van der Waals surface area contributed by atoms with Gasteiger partial charge in [-0.1, -0.05) is 17.7 Å². The Morgan fingerprint density at radius 3 is 2.19 bits per heavy atom. The number of ether oxygens (including phenoxy) is 2. The SMILES string of the molecule is COc1cccc(OC(C)C(=O)Nc2ccc(S(=O)(=O)Nc3ccc(Cl)cc3)cc2)c1. The van der Waals surface area contributed by atoms with Crippen LogP contribution in [-0.2, 0) is 14.8 Å². The Morgan fingerprint density at radius 2 is 1.55 bits per heavy atom. The van der Waals surface area contributed by atoms with E-state index in [0.717, 1.165) is 0 Å². The van der Waals surface area contributed by atoms with Crippen LogP contribution in [0.4, 0.5) is 11.4 Å². The van der Waals surface area contributed by atoms with Crippen molar-refractivity contribution in [2.24, 2.45) is 0 Å². The van der Waals surface area contributed by atoms with E-state index in [4.69, 9.17) is 21.1 Å². The summed E-state index contributed by atoms with van der Waals surface area (Å²) >= 11 is 5.81. The first-order valence-corrected chi connectivity index (χ1v) is 11.1. The molecule has 0 heterocycles. The summed E-state index contributed by atoms with van der Waals surface area (Å²) in [5.41, 5.74) is 0.835. The average molecular weight is 461 g/mol. The lowest BCUT2D eigenvalue weighted by atomic mass is 10.3. The van der Waals surface area contributed by atoms with Crippen LogP contribution in [0.5, 0.6) is 11.5 Å². The molecule has 0 bridgehead atoms. The van der Waals surface area contributed by atoms with Crippen LogP contribution in [0.25, 0.3) is 0 Å². The summed E-state index contributed by atoms with van der Waals surface area (Å²) in [7, 11) is -2.23. The topological polar surface area (TPSA) is 93.7 Å². The summed E-state index contributed by atoms with van der Waals surface area (Å²) in [5.74, 6) is 0.739. The fourth-order valence-electron chi connectivity index (χ4n) is 2.63. The van der Waals surface area contributed by atoms with E-state index in [2.05, 4.69) is 10.0 Å². The van der Waals surface area contributed by atoms with Crippen molar-refractivity contribution in [3.05, 3.63) is 77.8 Å². The number of sulfonamides is 1. The Kier molecular flexibility index (Phi) is 7.04. The minimum Gasteiger partial charge on any atom is -0.497 e. The van der Waals surface area contributed by atoms with Crippen molar-refractivity contribution in [1.29, 1.82) is 0 Å². The van der Waals surface area contributed by atoms with Crippen molar-refractivity contribution in [3.8, 4) is 11.5 Å². The molecule has 31 heavy (non-hydrogen) atoms. The van der Waals surface area contributed by atoms with Crippen LogP contribution in [0.2, 0.25) is 5.02 Å². The van der Waals surface area contributed by atoms with Crippen LogP contribution in [0.15, 0.2) is 77.7 Å². The zero-order valence-electron chi connectivity index (χ0n) is 16.8. The third-order valence-corrected chi connectivity index (χ3v) is 5.90. The van der Waals surface area contributed by atoms with Gasteiger partial charge in [0.15, 0.2) is 6.10 Å². The molecule has 1 amide bonds. The number of anilines is 2. The minimum absolute atomic E-state index is 0.0566. The standard InChI is InChI=1S/C22H21ClN2O5S/c1-15(30-20-5-3-4-19(14-20)29-2)22(26)24-17-10-12-21(13-11-17)31(27,28)25-18-8-6-16(23)7-9-18/h3-15,25H,1-2H3,(H,24,26). The number of halogens is 1. The van der Waals surface area contributed by atoms with E-state index in [9.17, 15) is 13.2 Å². The average Bonchev–Trinajstić information content (AvgIpc) is 2.75. The van der Waals surface area contributed by atoms with Crippen molar-refractivity contribution < 1.29 is 22.7 Å². The Morgan fingerprint density at radius 1 is 0.935 bits per heavy atom. The monoisotopic (exact) mass is 460 g/mol. The quantitative estimate of drug-likeness (QED) is 0.514. The molecule has 1 atom stereocenters. The number of carbonyl (C=O) groups excluding carboxylic acids is 1. The molecule has 3 rings (SSSR count). The van der Waals surface area contributed by atoms with Crippen LogP contribution >= 0.6 is 11.6 Å². The number of nitrogens with one attached hydrogen (secondary N) is 2. The molecule has 3 aromatic rings. The summed E-state index contributed by atoms with van der Waals surface area (Å²) in [5, 5.41) is 3.21. The van der Waals surface area contributed by atoms with Crippen molar-refractivity contribution in [2.45, 2.75) is 17.9 Å². The van der Waals surface area contributed by atoms with E-state index in [1.54, 1.807) is 62.6 Å². The summed E-state index contributed by atoms with van der Waals surface area (Å²) < 4.78 is 38.3. The zero-order valence-corrected chi connectivity index (χ0v) is 18.4. The summed E-state index contributed by atoms with van der Waals surface area (Å²) in [6.07, 6.45) is -0.776. The molecule has 0 fully saturated rings. The smallest absolute Gasteiger partial charge is 0.265 e. The molecule has 3 aromatic carbocycles. The number of hydrogen-bond donors (Lipinski definition) is 2. The number of hydrogen-bond acceptors (Lipinski definition) is 5. The second-order valence-electron chi connectivity index (χ2n) is 6.57. The number of methoxy groups -OCH3 is 1. The molecule has 7 nitrogen and oxygen atoms in total. The molecular formula is C22H21ClN2O5S. The molecule has 0 aliphatic carbocycles. The van der Waals surface area contributed by atoms with Gasteiger partial charge in [0.05, 0.1) is 12.0 Å². The highest BCUT2D eigenvalue weighted by atomic mass is 35.5. The molecular weight excluding hydrogens is 440 g/mol. The van der Waals surface area contributed by atoms with Crippen molar-refractivity contribution in [2.75, 3.05) is 17.1 Å². The second-order valence-corrected chi connectivity index (χ2v) is 8.68. The molecule has 0 radical (unpaired) electrons. The van der Waals surface area contributed by atoms with Gasteiger partial charge >= 0.3 is 0 Å². The summed E-state index contributed by atoms with van der Waals surface area (Å²) in [4.78, 5) is 12.5. The first-order valence-electron chi connectivity index (χ1n) is 9.27. The first kappa shape index (κ1) is 22.5. The highest BCUT2D eigenvalue weighted by Gasteiger charge is 2.17. The second kappa shape index (κ2) is 9.72. The maximum Gasteiger partial charge on any atom is 0.265 e. The zero-order chi connectivity index (χ0) is 22.4. The van der Waals surface area contributed by atoms with Crippen LogP contribution in [-0.4, -0.2) is 27.5 Å². The van der Waals surface area contributed by atoms with E-state index >= 15 is 0 Å². The number of amides is 1. The van der Waals surface area contributed by atoms with Crippen LogP contribution in [0.1, 0.15) is 6.92 Å². The molecule has 9 heteroatoms. The van der Waals surface area contributed by atoms with Gasteiger partial charge in [0.1, 0.15) is 11.5 Å². The Hall–Kier alpha value is -3.23. The predicted molar refractivity (Wildman–Crippen MR) is 120 cm³/mol. The molecule has 0 aromatic heterocycles. The van der Waals surface area contributed by atoms with Crippen molar-refractivity contribution in [1.82, 2.24) is 0 Å². The van der Waals surface area contributed by atoms with Gasteiger partial charge < -0.3 is 14.8 Å². The highest BCUT2D eigenvalue weighted by Crippen LogP contribution is 2.22. The van der Waals surface area contributed by atoms with Gasteiger partial charge in [-0.2, -0.15) is 0 Å². The Balaban J connectivity index is 1.62. The minimum atomic E-state index is -3.78.